The van der Waals surface area contributed by atoms with E-state index in [0.29, 0.717) is 5.15 Å². The molecule has 0 unspecified atom stereocenters. The lowest BCUT2D eigenvalue weighted by Crippen LogP contribution is -2.51. The lowest BCUT2D eigenvalue weighted by Gasteiger charge is -2.38. The molecule has 0 atom stereocenters. The Bertz CT molecular complexity index is 462. The van der Waals surface area contributed by atoms with Gasteiger partial charge in [-0.15, -0.1) is 0 Å². The van der Waals surface area contributed by atoms with E-state index in [4.69, 9.17) is 11.6 Å². The van der Waals surface area contributed by atoms with Gasteiger partial charge < -0.3 is 9.80 Å². The fraction of sp³-hybridized carbons (Fsp3) is 0.571. The van der Waals surface area contributed by atoms with Gasteiger partial charge >= 0.3 is 0 Å². The summed E-state index contributed by atoms with van der Waals surface area (Å²) in [6.45, 7) is 9.08. The van der Waals surface area contributed by atoms with Gasteiger partial charge in [-0.05, 0) is 12.1 Å². The maximum atomic E-state index is 12.2. The van der Waals surface area contributed by atoms with E-state index in [1.807, 2.05) is 37.8 Å². The Balaban J connectivity index is 1.98. The number of anilines is 1. The van der Waals surface area contributed by atoms with E-state index in [9.17, 15) is 4.79 Å². The Kier molecular flexibility index (Phi) is 3.99. The first kappa shape index (κ1) is 14.1. The second-order valence-electron chi connectivity index (χ2n) is 5.87. The number of nitrogens with zero attached hydrogens (tertiary/aromatic N) is 3. The Morgan fingerprint density at radius 2 is 1.89 bits per heavy atom. The van der Waals surface area contributed by atoms with Gasteiger partial charge in [0.25, 0.3) is 0 Å². The van der Waals surface area contributed by atoms with Gasteiger partial charge in [-0.3, -0.25) is 4.79 Å². The quantitative estimate of drug-likeness (QED) is 0.742. The molecule has 1 aliphatic heterocycles. The first-order valence-corrected chi connectivity index (χ1v) is 6.91. The molecule has 1 aromatic rings. The van der Waals surface area contributed by atoms with Crippen molar-refractivity contribution < 1.29 is 4.79 Å². The first-order valence-electron chi connectivity index (χ1n) is 6.54. The number of piperazine rings is 1. The number of aromatic nitrogens is 1. The molecule has 19 heavy (non-hydrogen) atoms. The Hall–Kier alpha value is -1.29. The van der Waals surface area contributed by atoms with Gasteiger partial charge in [0.1, 0.15) is 5.15 Å². The third kappa shape index (κ3) is 3.38. The Morgan fingerprint density at radius 3 is 2.42 bits per heavy atom. The summed E-state index contributed by atoms with van der Waals surface area (Å²) in [7, 11) is 0. The molecule has 0 bridgehead atoms. The van der Waals surface area contributed by atoms with Crippen LogP contribution in [0.3, 0.4) is 0 Å². The maximum absolute atomic E-state index is 12.2. The summed E-state index contributed by atoms with van der Waals surface area (Å²) in [6, 6.07) is 3.82. The maximum Gasteiger partial charge on any atom is 0.228 e. The van der Waals surface area contributed by atoms with Crippen molar-refractivity contribution in [1.82, 2.24) is 9.88 Å². The van der Waals surface area contributed by atoms with Crippen LogP contribution < -0.4 is 4.90 Å². The van der Waals surface area contributed by atoms with Crippen LogP contribution in [0.15, 0.2) is 18.3 Å². The second-order valence-corrected chi connectivity index (χ2v) is 6.25. The number of amides is 1. The molecule has 1 fully saturated rings. The third-order valence-corrected chi connectivity index (χ3v) is 3.49. The van der Waals surface area contributed by atoms with Crippen LogP contribution in [0.25, 0.3) is 0 Å². The van der Waals surface area contributed by atoms with Gasteiger partial charge in [-0.2, -0.15) is 0 Å². The van der Waals surface area contributed by atoms with E-state index in [-0.39, 0.29) is 11.3 Å². The van der Waals surface area contributed by atoms with Crippen LogP contribution in [0, 0.1) is 5.41 Å². The molecular weight excluding hydrogens is 262 g/mol. The van der Waals surface area contributed by atoms with Crippen LogP contribution in [0.2, 0.25) is 5.15 Å². The second kappa shape index (κ2) is 5.37. The monoisotopic (exact) mass is 281 g/mol. The van der Waals surface area contributed by atoms with Crippen molar-refractivity contribution in [2.75, 3.05) is 31.1 Å². The number of rotatable bonds is 1. The smallest absolute Gasteiger partial charge is 0.228 e. The van der Waals surface area contributed by atoms with Crippen LogP contribution in [0.1, 0.15) is 20.8 Å². The summed E-state index contributed by atoms with van der Waals surface area (Å²) >= 11 is 5.90. The largest absolute Gasteiger partial charge is 0.368 e. The lowest BCUT2D eigenvalue weighted by atomic mass is 9.94. The zero-order valence-corrected chi connectivity index (χ0v) is 12.4. The van der Waals surface area contributed by atoms with E-state index >= 15 is 0 Å². The summed E-state index contributed by atoms with van der Waals surface area (Å²) in [6.07, 6.45) is 1.71. The number of carbonyl (C=O) groups is 1. The van der Waals surface area contributed by atoms with E-state index in [1.165, 1.54) is 0 Å². The zero-order valence-electron chi connectivity index (χ0n) is 11.7. The van der Waals surface area contributed by atoms with Crippen LogP contribution in [0.5, 0.6) is 0 Å². The normalized spacial score (nSPS) is 16.6. The molecule has 0 N–H and O–H groups in total. The molecule has 0 aromatic carbocycles. The standard InChI is InChI=1S/C14H20ClN3O/c1-14(2,3)13(19)18-8-6-17(7-9-18)11-4-5-16-12(15)10-11/h4-5,10H,6-9H2,1-3H3. The van der Waals surface area contributed by atoms with Crippen molar-refractivity contribution in [3.05, 3.63) is 23.5 Å². The summed E-state index contributed by atoms with van der Waals surface area (Å²) in [5.41, 5.74) is 0.769. The SMILES string of the molecule is CC(C)(C)C(=O)N1CCN(c2ccnc(Cl)c2)CC1. The predicted molar refractivity (Wildman–Crippen MR) is 77.5 cm³/mol. The van der Waals surface area contributed by atoms with Crippen LogP contribution in [0.4, 0.5) is 5.69 Å². The van der Waals surface area contributed by atoms with Crippen molar-refractivity contribution in [2.24, 2.45) is 5.41 Å². The highest BCUT2D eigenvalue weighted by atomic mass is 35.5. The van der Waals surface area contributed by atoms with Crippen molar-refractivity contribution >= 4 is 23.2 Å². The average Bonchev–Trinajstić information content (AvgIpc) is 2.37. The van der Waals surface area contributed by atoms with Gasteiger partial charge in [-0.25, -0.2) is 4.98 Å². The highest BCUT2D eigenvalue weighted by Crippen LogP contribution is 2.22. The molecule has 0 aliphatic carbocycles. The first-order chi connectivity index (χ1) is 8.88. The van der Waals surface area contributed by atoms with Gasteiger partial charge in [0.05, 0.1) is 0 Å². The zero-order chi connectivity index (χ0) is 14.0. The molecule has 5 heteroatoms. The Labute approximate surface area is 119 Å². The van der Waals surface area contributed by atoms with Crippen LogP contribution in [-0.4, -0.2) is 42.0 Å². The summed E-state index contributed by atoms with van der Waals surface area (Å²) < 4.78 is 0. The van der Waals surface area contributed by atoms with E-state index in [0.717, 1.165) is 31.9 Å². The van der Waals surface area contributed by atoms with Crippen molar-refractivity contribution in [2.45, 2.75) is 20.8 Å². The third-order valence-electron chi connectivity index (χ3n) is 3.28. The lowest BCUT2D eigenvalue weighted by molar-refractivity contribution is -0.139. The minimum absolute atomic E-state index is 0.222. The molecule has 4 nitrogen and oxygen atoms in total. The van der Waals surface area contributed by atoms with Crippen molar-refractivity contribution in [1.29, 1.82) is 0 Å². The van der Waals surface area contributed by atoms with Gasteiger partial charge in [-0.1, -0.05) is 32.4 Å². The number of pyridine rings is 1. The predicted octanol–water partition coefficient (Wildman–Crippen LogP) is 2.43. The molecule has 1 aliphatic rings. The number of hydrogen-bond donors (Lipinski definition) is 0. The van der Waals surface area contributed by atoms with Gasteiger partial charge in [0, 0.05) is 43.5 Å². The molecule has 0 spiro atoms. The summed E-state index contributed by atoms with van der Waals surface area (Å²) in [5, 5.41) is 0.505. The van der Waals surface area contributed by atoms with Gasteiger partial charge in [0.2, 0.25) is 5.91 Å². The number of carbonyl (C=O) groups excluding carboxylic acids is 1. The molecular formula is C14H20ClN3O. The minimum atomic E-state index is -0.303. The fourth-order valence-corrected chi connectivity index (χ4v) is 2.40. The van der Waals surface area contributed by atoms with E-state index < -0.39 is 0 Å². The van der Waals surface area contributed by atoms with Gasteiger partial charge in [0.15, 0.2) is 0 Å². The molecule has 1 amide bonds. The molecule has 2 heterocycles. The topological polar surface area (TPSA) is 36.4 Å². The molecule has 0 saturated carbocycles. The minimum Gasteiger partial charge on any atom is -0.368 e. The highest BCUT2D eigenvalue weighted by Gasteiger charge is 2.29. The summed E-state index contributed by atoms with van der Waals surface area (Å²) in [5.74, 6) is 0.222. The average molecular weight is 282 g/mol. The van der Waals surface area contributed by atoms with Crippen molar-refractivity contribution in [3.63, 3.8) is 0 Å². The fourth-order valence-electron chi connectivity index (χ4n) is 2.23. The molecule has 1 aromatic heterocycles. The highest BCUT2D eigenvalue weighted by molar-refractivity contribution is 6.29. The molecule has 104 valence electrons. The number of halogens is 1. The van der Waals surface area contributed by atoms with Crippen LogP contribution in [-0.2, 0) is 4.79 Å². The molecule has 0 radical (unpaired) electrons. The Morgan fingerprint density at radius 1 is 1.26 bits per heavy atom. The van der Waals surface area contributed by atoms with Crippen LogP contribution >= 0.6 is 11.6 Å². The number of hydrogen-bond acceptors (Lipinski definition) is 3. The van der Waals surface area contributed by atoms with E-state index in [2.05, 4.69) is 9.88 Å². The summed E-state index contributed by atoms with van der Waals surface area (Å²) in [4.78, 5) is 20.4. The molecule has 2 rings (SSSR count). The van der Waals surface area contributed by atoms with E-state index in [1.54, 1.807) is 6.20 Å². The van der Waals surface area contributed by atoms with Crippen molar-refractivity contribution in [3.8, 4) is 0 Å². The molecule has 1 saturated heterocycles.